The topological polar surface area (TPSA) is 74.7 Å². The number of piperidine rings is 1. The summed E-state index contributed by atoms with van der Waals surface area (Å²) in [6.45, 7) is 2.76. The number of hydrogen-bond donors (Lipinski definition) is 2. The molecule has 4 rings (SSSR count). The second-order valence-corrected chi connectivity index (χ2v) is 8.40. The number of likely N-dealkylation sites (tertiary alicyclic amines) is 1. The van der Waals surface area contributed by atoms with Gasteiger partial charge in [0, 0.05) is 30.6 Å². The van der Waals surface area contributed by atoms with Crippen LogP contribution in [0.5, 0.6) is 5.75 Å². The molecule has 2 heterocycles. The SMILES string of the molecule is COc1ccc2ccnc(C(O)CN3CCC(C(=O)NCCc4ccccc4)CC3)c2c1. The molecule has 1 aliphatic heterocycles. The van der Waals surface area contributed by atoms with E-state index in [4.69, 9.17) is 4.74 Å². The van der Waals surface area contributed by atoms with Crippen LogP contribution in [0.15, 0.2) is 60.8 Å². The summed E-state index contributed by atoms with van der Waals surface area (Å²) in [5.74, 6) is 0.932. The van der Waals surface area contributed by atoms with Crippen molar-refractivity contribution >= 4 is 16.7 Å². The Hall–Kier alpha value is -2.96. The number of β-amino-alcohol motifs (C(OH)–C–C–N with tert-alkyl or cyclic N) is 1. The van der Waals surface area contributed by atoms with Gasteiger partial charge in [-0.05, 0) is 61.5 Å². The molecule has 1 aliphatic rings. The largest absolute Gasteiger partial charge is 0.497 e. The Bertz CT molecular complexity index is 1030. The Morgan fingerprint density at radius 1 is 1.19 bits per heavy atom. The van der Waals surface area contributed by atoms with Crippen LogP contribution >= 0.6 is 0 Å². The zero-order valence-corrected chi connectivity index (χ0v) is 18.5. The average molecular weight is 434 g/mol. The predicted octanol–water partition coefficient (Wildman–Crippen LogP) is 3.35. The van der Waals surface area contributed by atoms with Gasteiger partial charge in [-0.25, -0.2) is 0 Å². The highest BCUT2D eigenvalue weighted by molar-refractivity contribution is 5.86. The van der Waals surface area contributed by atoms with Crippen molar-refractivity contribution in [2.45, 2.75) is 25.4 Å². The molecule has 2 aromatic carbocycles. The third-order valence-electron chi connectivity index (χ3n) is 6.26. The van der Waals surface area contributed by atoms with Crippen LogP contribution in [0.4, 0.5) is 0 Å². The molecule has 1 saturated heterocycles. The van der Waals surface area contributed by atoms with E-state index in [9.17, 15) is 9.90 Å². The first kappa shape index (κ1) is 22.2. The molecule has 6 heteroatoms. The average Bonchev–Trinajstić information content (AvgIpc) is 2.84. The molecule has 1 aromatic heterocycles. The quantitative estimate of drug-likeness (QED) is 0.570. The zero-order valence-electron chi connectivity index (χ0n) is 18.5. The second kappa shape index (κ2) is 10.6. The molecule has 1 amide bonds. The number of carbonyl (C=O) groups excluding carboxylic acids is 1. The summed E-state index contributed by atoms with van der Waals surface area (Å²) >= 11 is 0. The van der Waals surface area contributed by atoms with Crippen LogP contribution in [-0.4, -0.2) is 54.2 Å². The number of aromatic nitrogens is 1. The number of fused-ring (bicyclic) bond motifs is 1. The fourth-order valence-electron chi connectivity index (χ4n) is 4.39. The summed E-state index contributed by atoms with van der Waals surface area (Å²) in [5.41, 5.74) is 1.90. The maximum absolute atomic E-state index is 12.5. The number of rotatable bonds is 8. The number of ether oxygens (including phenoxy) is 1. The number of hydrogen-bond acceptors (Lipinski definition) is 5. The second-order valence-electron chi connectivity index (χ2n) is 8.40. The van der Waals surface area contributed by atoms with Crippen LogP contribution < -0.4 is 10.1 Å². The summed E-state index contributed by atoms with van der Waals surface area (Å²) in [5, 5.41) is 15.9. The summed E-state index contributed by atoms with van der Waals surface area (Å²) in [6, 6.07) is 18.0. The van der Waals surface area contributed by atoms with Crippen molar-refractivity contribution in [1.29, 1.82) is 0 Å². The minimum atomic E-state index is -0.693. The third-order valence-corrected chi connectivity index (χ3v) is 6.26. The van der Waals surface area contributed by atoms with Crippen LogP contribution in [0.2, 0.25) is 0 Å². The lowest BCUT2D eigenvalue weighted by Crippen LogP contribution is -2.42. The highest BCUT2D eigenvalue weighted by Gasteiger charge is 2.26. The number of aliphatic hydroxyl groups is 1. The van der Waals surface area contributed by atoms with E-state index in [1.54, 1.807) is 13.3 Å². The van der Waals surface area contributed by atoms with Gasteiger partial charge in [-0.1, -0.05) is 36.4 Å². The number of nitrogens with zero attached hydrogens (tertiary/aromatic N) is 2. The highest BCUT2D eigenvalue weighted by Crippen LogP contribution is 2.28. The van der Waals surface area contributed by atoms with E-state index >= 15 is 0 Å². The Labute approximate surface area is 189 Å². The molecule has 0 bridgehead atoms. The monoisotopic (exact) mass is 433 g/mol. The van der Waals surface area contributed by atoms with E-state index in [-0.39, 0.29) is 11.8 Å². The van der Waals surface area contributed by atoms with Gasteiger partial charge in [0.25, 0.3) is 0 Å². The first-order chi connectivity index (χ1) is 15.6. The van der Waals surface area contributed by atoms with Gasteiger partial charge in [-0.2, -0.15) is 0 Å². The number of aliphatic hydroxyl groups excluding tert-OH is 1. The molecule has 32 heavy (non-hydrogen) atoms. The van der Waals surface area contributed by atoms with Crippen LogP contribution in [0.25, 0.3) is 10.8 Å². The zero-order chi connectivity index (χ0) is 22.3. The number of benzene rings is 2. The molecule has 0 aliphatic carbocycles. The van der Waals surface area contributed by atoms with Crippen molar-refractivity contribution in [2.75, 3.05) is 33.3 Å². The van der Waals surface area contributed by atoms with Crippen molar-refractivity contribution in [3.63, 3.8) is 0 Å². The third kappa shape index (κ3) is 5.44. The van der Waals surface area contributed by atoms with E-state index in [2.05, 4.69) is 27.3 Å². The Balaban J connectivity index is 1.27. The molecule has 6 nitrogen and oxygen atoms in total. The maximum Gasteiger partial charge on any atom is 0.223 e. The van der Waals surface area contributed by atoms with Crippen molar-refractivity contribution in [1.82, 2.24) is 15.2 Å². The maximum atomic E-state index is 12.5. The summed E-state index contributed by atoms with van der Waals surface area (Å²) in [7, 11) is 1.63. The standard InChI is InChI=1S/C26H31N3O3/c1-32-22-8-7-20-10-14-27-25(23(20)17-22)24(30)18-29-15-11-21(12-16-29)26(31)28-13-9-19-5-3-2-4-6-19/h2-8,10,14,17,21,24,30H,9,11-13,15-16,18H2,1H3,(H,28,31). The van der Waals surface area contributed by atoms with Crippen molar-refractivity contribution < 1.29 is 14.6 Å². The molecule has 1 fully saturated rings. The molecular weight excluding hydrogens is 402 g/mol. The number of carbonyl (C=O) groups is 1. The van der Waals surface area contributed by atoms with E-state index < -0.39 is 6.10 Å². The molecule has 2 N–H and O–H groups in total. The minimum absolute atomic E-state index is 0.0408. The van der Waals surface area contributed by atoms with Gasteiger partial charge in [0.2, 0.25) is 5.91 Å². The fraction of sp³-hybridized carbons (Fsp3) is 0.385. The lowest BCUT2D eigenvalue weighted by molar-refractivity contribution is -0.126. The van der Waals surface area contributed by atoms with E-state index in [0.717, 1.165) is 48.9 Å². The van der Waals surface area contributed by atoms with E-state index in [0.29, 0.717) is 18.8 Å². The van der Waals surface area contributed by atoms with E-state index in [1.807, 2.05) is 42.5 Å². The van der Waals surface area contributed by atoms with Gasteiger partial charge < -0.3 is 20.1 Å². The van der Waals surface area contributed by atoms with E-state index in [1.165, 1.54) is 5.56 Å². The smallest absolute Gasteiger partial charge is 0.223 e. The molecule has 0 radical (unpaired) electrons. The fourth-order valence-corrected chi connectivity index (χ4v) is 4.39. The van der Waals surface area contributed by atoms with Crippen molar-refractivity contribution in [3.05, 3.63) is 72.1 Å². The number of nitrogens with one attached hydrogen (secondary N) is 1. The number of amides is 1. The first-order valence-corrected chi connectivity index (χ1v) is 11.3. The molecule has 0 spiro atoms. The van der Waals surface area contributed by atoms with Gasteiger partial charge in [0.1, 0.15) is 11.9 Å². The van der Waals surface area contributed by atoms with Gasteiger partial charge in [0.15, 0.2) is 0 Å². The first-order valence-electron chi connectivity index (χ1n) is 11.3. The highest BCUT2D eigenvalue weighted by atomic mass is 16.5. The van der Waals surface area contributed by atoms with Gasteiger partial charge in [0.05, 0.1) is 12.8 Å². The van der Waals surface area contributed by atoms with Gasteiger partial charge in [-0.15, -0.1) is 0 Å². The number of methoxy groups -OCH3 is 1. The molecule has 0 saturated carbocycles. The Morgan fingerprint density at radius 2 is 1.97 bits per heavy atom. The number of pyridine rings is 1. The van der Waals surface area contributed by atoms with Crippen LogP contribution in [0.3, 0.4) is 0 Å². The van der Waals surface area contributed by atoms with Crippen LogP contribution in [0.1, 0.15) is 30.2 Å². The lowest BCUT2D eigenvalue weighted by atomic mass is 9.95. The molecule has 3 aromatic rings. The lowest BCUT2D eigenvalue weighted by Gasteiger charge is -2.32. The molecule has 168 valence electrons. The molecule has 1 unspecified atom stereocenters. The normalized spacial score (nSPS) is 16.1. The van der Waals surface area contributed by atoms with Crippen molar-refractivity contribution in [3.8, 4) is 5.75 Å². The van der Waals surface area contributed by atoms with Crippen LogP contribution in [-0.2, 0) is 11.2 Å². The van der Waals surface area contributed by atoms with Gasteiger partial charge >= 0.3 is 0 Å². The van der Waals surface area contributed by atoms with Crippen molar-refractivity contribution in [2.24, 2.45) is 5.92 Å². The summed E-state index contributed by atoms with van der Waals surface area (Å²) in [6.07, 6.45) is 3.50. The molecular formula is C26H31N3O3. The minimum Gasteiger partial charge on any atom is -0.497 e. The Kier molecular flexibility index (Phi) is 7.35. The summed E-state index contributed by atoms with van der Waals surface area (Å²) < 4.78 is 5.34. The van der Waals surface area contributed by atoms with Crippen LogP contribution in [0, 0.1) is 5.92 Å². The molecule has 1 atom stereocenters. The predicted molar refractivity (Wildman–Crippen MR) is 126 cm³/mol. The Morgan fingerprint density at radius 3 is 2.72 bits per heavy atom. The van der Waals surface area contributed by atoms with Gasteiger partial charge in [-0.3, -0.25) is 9.78 Å². The summed E-state index contributed by atoms with van der Waals surface area (Å²) in [4.78, 5) is 19.2.